The molecule has 50 heavy (non-hydrogen) atoms. The van der Waals surface area contributed by atoms with E-state index in [0.717, 1.165) is 67.8 Å². The van der Waals surface area contributed by atoms with Gasteiger partial charge in [0.1, 0.15) is 0 Å². The van der Waals surface area contributed by atoms with Crippen LogP contribution in [0.4, 0.5) is 0 Å². The summed E-state index contributed by atoms with van der Waals surface area (Å²) < 4.78 is 10.1. The molecule has 0 saturated heterocycles. The third kappa shape index (κ3) is 7.25. The molecule has 8 rings (SSSR count). The maximum Gasteiger partial charge on any atom is 0 e. The average Bonchev–Trinajstić information content (AvgIpc) is 3.68. The second kappa shape index (κ2) is 14.9. The monoisotopic (exact) mass is 895 g/mol. The number of benzene rings is 4. The van der Waals surface area contributed by atoms with Crippen molar-refractivity contribution in [3.8, 4) is 22.6 Å². The van der Waals surface area contributed by atoms with Crippen molar-refractivity contribution in [3.05, 3.63) is 144 Å². The quantitative estimate of drug-likeness (QED) is 0.123. The van der Waals surface area contributed by atoms with E-state index >= 15 is 0 Å². The first-order valence-electron chi connectivity index (χ1n) is 16.8. The molecule has 0 amide bonds. The summed E-state index contributed by atoms with van der Waals surface area (Å²) in [5, 5.41) is 2.12. The van der Waals surface area contributed by atoms with Crippen LogP contribution in [0.25, 0.3) is 55.7 Å². The van der Waals surface area contributed by atoms with Gasteiger partial charge in [-0.15, -0.1) is 17.7 Å². The van der Waals surface area contributed by atoms with Gasteiger partial charge in [-0.2, -0.15) is 0 Å². The molecule has 253 valence electrons. The molecule has 8 aromatic rings. The molecule has 4 aromatic heterocycles. The molecule has 0 aliphatic carbocycles. The fourth-order valence-corrected chi connectivity index (χ4v) is 8.28. The molecule has 0 spiro atoms. The normalized spacial score (nSPS) is 11.5. The van der Waals surface area contributed by atoms with E-state index in [0.29, 0.717) is 11.6 Å². The van der Waals surface area contributed by atoms with Gasteiger partial charge in [0.2, 0.25) is 5.71 Å². The first kappa shape index (κ1) is 35.5. The van der Waals surface area contributed by atoms with Crippen molar-refractivity contribution in [3.63, 3.8) is 0 Å². The minimum atomic E-state index is -1.72. The number of aryl methyl sites for hydroxylation is 1. The average molecular weight is 894 g/mol. The van der Waals surface area contributed by atoms with E-state index in [9.17, 15) is 0 Å². The maximum atomic E-state index is 6.42. The fraction of sp³-hybridized carbons (Fsp3) is 0.186. The van der Waals surface area contributed by atoms with Gasteiger partial charge in [-0.25, -0.2) is 4.98 Å². The van der Waals surface area contributed by atoms with E-state index in [1.165, 1.54) is 9.96 Å². The standard InChI is InChI=1S/C29H24N3O.C14H16GeN.Ir/c1-18(2)23-16-15-21-26-19(3)13-14-22(27(26)33-29(21)31-23)28-30-24-11-7-8-12-25(24)32(28)17-20-9-5-4-6-10-20;1-15(2,3)13-9-10-14(16-11-13)12-7-5-4-6-8-12;/h4-13,15-16,18H,17H2,1-3H3;4-7,9-11H,1-3H3;/q2*-1;. The molecule has 0 aliphatic rings. The van der Waals surface area contributed by atoms with Gasteiger partial charge in [0.25, 0.3) is 0 Å². The summed E-state index contributed by atoms with van der Waals surface area (Å²) in [4.78, 5) is 14.4. The molecule has 1 radical (unpaired) electrons. The molecular weight excluding hydrogens is 853 g/mol. The van der Waals surface area contributed by atoms with E-state index in [4.69, 9.17) is 14.4 Å². The van der Waals surface area contributed by atoms with Gasteiger partial charge in [0.15, 0.2) is 0 Å². The van der Waals surface area contributed by atoms with Crippen molar-refractivity contribution in [1.82, 2.24) is 19.5 Å². The number of pyridine rings is 2. The van der Waals surface area contributed by atoms with Crippen molar-refractivity contribution in [2.24, 2.45) is 0 Å². The maximum absolute atomic E-state index is 6.42. The van der Waals surface area contributed by atoms with Gasteiger partial charge in [-0.05, 0) is 35.7 Å². The van der Waals surface area contributed by atoms with Gasteiger partial charge in [0, 0.05) is 37.7 Å². The summed E-state index contributed by atoms with van der Waals surface area (Å²) in [6.07, 6.45) is 2.04. The largest absolute Gasteiger partial charge is 0 e. The fourth-order valence-electron chi connectivity index (χ4n) is 6.11. The van der Waals surface area contributed by atoms with Crippen molar-refractivity contribution in [2.45, 2.75) is 50.5 Å². The molecule has 4 aromatic carbocycles. The number of hydrogen-bond acceptors (Lipinski definition) is 4. The van der Waals surface area contributed by atoms with E-state index in [2.05, 4.69) is 126 Å². The van der Waals surface area contributed by atoms with E-state index < -0.39 is 13.3 Å². The molecule has 4 heterocycles. The number of rotatable bonds is 6. The van der Waals surface area contributed by atoms with Crippen LogP contribution in [0.2, 0.25) is 17.3 Å². The van der Waals surface area contributed by atoms with Crippen LogP contribution >= 0.6 is 0 Å². The van der Waals surface area contributed by atoms with Crippen molar-refractivity contribution in [2.75, 3.05) is 0 Å². The molecule has 0 unspecified atom stereocenters. The number of nitrogens with zero attached hydrogens (tertiary/aromatic N) is 4. The van der Waals surface area contributed by atoms with Crippen LogP contribution in [0.1, 0.15) is 36.6 Å². The zero-order valence-electron chi connectivity index (χ0n) is 29.3. The number of aromatic nitrogens is 4. The molecule has 0 N–H and O–H groups in total. The Labute approximate surface area is 310 Å². The van der Waals surface area contributed by atoms with Gasteiger partial charge in [-0.3, -0.25) is 4.98 Å². The van der Waals surface area contributed by atoms with Gasteiger partial charge < -0.3 is 8.98 Å². The minimum Gasteiger partial charge on any atom is 0 e. The zero-order valence-corrected chi connectivity index (χ0v) is 33.8. The molecule has 5 nitrogen and oxygen atoms in total. The van der Waals surface area contributed by atoms with Crippen molar-refractivity contribution >= 4 is 50.8 Å². The second-order valence-electron chi connectivity index (χ2n) is 13.9. The number of imidazole rings is 1. The van der Waals surface area contributed by atoms with E-state index in [1.54, 1.807) is 0 Å². The Hall–Kier alpha value is -4.36. The molecule has 0 fully saturated rings. The topological polar surface area (TPSA) is 56.7 Å². The Morgan fingerprint density at radius 1 is 0.820 bits per heavy atom. The summed E-state index contributed by atoms with van der Waals surface area (Å²) in [7, 11) is 0. The summed E-state index contributed by atoms with van der Waals surface area (Å²) in [6.45, 7) is 7.11. The van der Waals surface area contributed by atoms with Crippen LogP contribution in [0.3, 0.4) is 0 Å². The van der Waals surface area contributed by atoms with Crippen LogP contribution in [0.5, 0.6) is 0 Å². The van der Waals surface area contributed by atoms with E-state index in [-0.39, 0.29) is 20.1 Å². The third-order valence-corrected chi connectivity index (χ3v) is 13.2. The number of hydrogen-bond donors (Lipinski definition) is 0. The second-order valence-corrected chi connectivity index (χ2v) is 24.5. The Kier molecular flexibility index (Phi) is 10.5. The molecule has 0 bridgehead atoms. The Morgan fingerprint density at radius 2 is 1.58 bits per heavy atom. The predicted molar refractivity (Wildman–Crippen MR) is 205 cm³/mol. The van der Waals surface area contributed by atoms with Gasteiger partial charge in [-0.1, -0.05) is 74.2 Å². The molecule has 0 saturated carbocycles. The predicted octanol–water partition coefficient (Wildman–Crippen LogP) is 10.4. The summed E-state index contributed by atoms with van der Waals surface area (Å²) >= 11 is -1.72. The minimum absolute atomic E-state index is 0. The third-order valence-electron chi connectivity index (χ3n) is 8.90. The molecule has 0 aliphatic heterocycles. The number of furan rings is 1. The summed E-state index contributed by atoms with van der Waals surface area (Å²) in [5.74, 6) is 8.33. The van der Waals surface area contributed by atoms with Crippen LogP contribution in [-0.2, 0) is 26.7 Å². The first-order valence-corrected chi connectivity index (χ1v) is 24.2. The van der Waals surface area contributed by atoms with Crippen molar-refractivity contribution in [1.29, 1.82) is 0 Å². The van der Waals surface area contributed by atoms with Crippen LogP contribution < -0.4 is 4.40 Å². The number of fused-ring (bicyclic) bond motifs is 4. The first-order chi connectivity index (χ1) is 23.7. The number of para-hydroxylation sites is 2. The zero-order chi connectivity index (χ0) is 34.1. The molecular formula is C43H40GeIrN4O-2. The Bertz CT molecular complexity index is 2380. The summed E-state index contributed by atoms with van der Waals surface area (Å²) in [6, 6.07) is 44.0. The van der Waals surface area contributed by atoms with E-state index in [1.807, 2.05) is 48.7 Å². The smallest absolute Gasteiger partial charge is 0 e. The van der Waals surface area contributed by atoms with Crippen LogP contribution in [0, 0.1) is 19.1 Å². The van der Waals surface area contributed by atoms with Gasteiger partial charge in [0.05, 0.1) is 22.4 Å². The van der Waals surface area contributed by atoms with Gasteiger partial charge >= 0.3 is 99.8 Å². The van der Waals surface area contributed by atoms with Crippen molar-refractivity contribution < 1.29 is 24.5 Å². The Morgan fingerprint density at radius 3 is 2.28 bits per heavy atom. The summed E-state index contributed by atoms with van der Waals surface area (Å²) in [5.41, 5.74) is 9.83. The van der Waals surface area contributed by atoms with Crippen LogP contribution in [-0.4, -0.2) is 32.8 Å². The SMILES string of the molecule is Cc1c[c-]c(-c2nc3ccccc3n2Cc2ccccc2)c2oc3nc(C(C)C)ccc3c12.[CH3][Ge]([CH3])([CH3])[c]1ccc(-c2[c-]cccc2)nc1.[Ir]. The Balaban J connectivity index is 0.000000215. The molecule has 7 heteroatoms. The van der Waals surface area contributed by atoms with Crippen LogP contribution in [0.15, 0.2) is 120 Å². The molecule has 0 atom stereocenters.